The van der Waals surface area contributed by atoms with Crippen LogP contribution in [0.3, 0.4) is 0 Å². The van der Waals surface area contributed by atoms with Crippen molar-refractivity contribution in [2.24, 2.45) is 0 Å². The second kappa shape index (κ2) is 9.09. The minimum Gasteiger partial charge on any atom is -0.440 e. The number of hydrogen-bond acceptors (Lipinski definition) is 6. The summed E-state index contributed by atoms with van der Waals surface area (Å²) in [7, 11) is 0. The number of nitrogens with zero attached hydrogens (tertiary/aromatic N) is 4. The highest BCUT2D eigenvalue weighted by atomic mass is 16.3. The number of nitrogens with one attached hydrogen (secondary N) is 1. The molecule has 2 atom stereocenters. The number of imide groups is 1. The van der Waals surface area contributed by atoms with Crippen molar-refractivity contribution in [3.05, 3.63) is 66.1 Å². The Morgan fingerprint density at radius 2 is 1.80 bits per heavy atom. The van der Waals surface area contributed by atoms with Crippen molar-refractivity contribution in [1.29, 1.82) is 0 Å². The zero-order valence-electron chi connectivity index (χ0n) is 19.9. The quantitative estimate of drug-likeness (QED) is 0.571. The Balaban J connectivity index is 1.13. The van der Waals surface area contributed by atoms with Gasteiger partial charge in [-0.25, -0.2) is 14.7 Å². The maximum absolute atomic E-state index is 13.6. The molecule has 3 amide bonds. The van der Waals surface area contributed by atoms with Crippen LogP contribution in [-0.4, -0.2) is 70.0 Å². The topological polar surface area (TPSA) is 81.9 Å². The van der Waals surface area contributed by atoms with Gasteiger partial charge in [-0.2, -0.15) is 0 Å². The van der Waals surface area contributed by atoms with E-state index < -0.39 is 5.54 Å². The number of oxazole rings is 1. The summed E-state index contributed by atoms with van der Waals surface area (Å²) in [5.74, 6) is 0.805. The fourth-order valence-electron chi connectivity index (χ4n) is 5.85. The molecular formula is C27H31N5O3. The first-order valence-corrected chi connectivity index (χ1v) is 12.6. The second-order valence-corrected chi connectivity index (χ2v) is 10.1. The number of piperidine rings is 2. The fourth-order valence-corrected chi connectivity index (χ4v) is 5.85. The fraction of sp³-hybridized carbons (Fsp3) is 0.444. The Kier molecular flexibility index (Phi) is 5.78. The highest BCUT2D eigenvalue weighted by Crippen LogP contribution is 2.32. The molecule has 1 N–H and O–H groups in total. The van der Waals surface area contributed by atoms with E-state index in [0.717, 1.165) is 62.4 Å². The molecule has 8 heteroatoms. The minimum absolute atomic E-state index is 0.0933. The van der Waals surface area contributed by atoms with E-state index in [0.29, 0.717) is 19.6 Å². The van der Waals surface area contributed by atoms with Gasteiger partial charge >= 0.3 is 6.03 Å². The number of amides is 3. The van der Waals surface area contributed by atoms with Gasteiger partial charge in [0, 0.05) is 25.6 Å². The lowest BCUT2D eigenvalue weighted by molar-refractivity contribution is -0.135. The lowest BCUT2D eigenvalue weighted by Gasteiger charge is -2.38. The van der Waals surface area contributed by atoms with E-state index in [2.05, 4.69) is 32.2 Å². The number of urea groups is 1. The number of likely N-dealkylation sites (tertiary alicyclic amines) is 2. The van der Waals surface area contributed by atoms with Gasteiger partial charge in [0.2, 0.25) is 0 Å². The number of hydrogen-bond donors (Lipinski definition) is 1. The van der Waals surface area contributed by atoms with Crippen molar-refractivity contribution >= 4 is 23.0 Å². The molecule has 0 radical (unpaired) electrons. The maximum atomic E-state index is 13.6. The molecule has 182 valence electrons. The van der Waals surface area contributed by atoms with E-state index in [1.807, 2.05) is 42.5 Å². The van der Waals surface area contributed by atoms with Gasteiger partial charge in [-0.3, -0.25) is 14.6 Å². The SMILES string of the molecule is O=C1NC2(CCCN(Cc3ccccc3)C2)C(=O)N1CN1CCCC(c2nc3ccccc3o2)C1. The van der Waals surface area contributed by atoms with Crippen LogP contribution in [0.1, 0.15) is 43.1 Å². The molecule has 6 rings (SSSR count). The first-order chi connectivity index (χ1) is 17.1. The molecule has 3 aliphatic rings. The van der Waals surface area contributed by atoms with Crippen molar-refractivity contribution in [3.8, 4) is 0 Å². The van der Waals surface area contributed by atoms with Gasteiger partial charge in [-0.05, 0) is 56.5 Å². The molecule has 3 fully saturated rings. The largest absolute Gasteiger partial charge is 0.440 e. The van der Waals surface area contributed by atoms with E-state index >= 15 is 0 Å². The third-order valence-electron chi connectivity index (χ3n) is 7.57. The van der Waals surface area contributed by atoms with Crippen LogP contribution in [0.5, 0.6) is 0 Å². The van der Waals surface area contributed by atoms with Crippen LogP contribution >= 0.6 is 0 Å². The second-order valence-electron chi connectivity index (χ2n) is 10.1. The summed E-state index contributed by atoms with van der Waals surface area (Å²) in [5, 5.41) is 3.07. The van der Waals surface area contributed by atoms with Crippen LogP contribution in [0.15, 0.2) is 59.0 Å². The number of fused-ring (bicyclic) bond motifs is 1. The lowest BCUT2D eigenvalue weighted by atomic mass is 9.88. The van der Waals surface area contributed by atoms with E-state index in [1.165, 1.54) is 10.5 Å². The van der Waals surface area contributed by atoms with Crippen molar-refractivity contribution in [2.45, 2.75) is 43.7 Å². The summed E-state index contributed by atoms with van der Waals surface area (Å²) in [6.45, 7) is 4.14. The monoisotopic (exact) mass is 473 g/mol. The van der Waals surface area contributed by atoms with Gasteiger partial charge in [0.15, 0.2) is 11.5 Å². The highest BCUT2D eigenvalue weighted by molar-refractivity contribution is 6.07. The third-order valence-corrected chi connectivity index (χ3v) is 7.57. The smallest absolute Gasteiger partial charge is 0.326 e. The number of benzene rings is 2. The molecule has 3 aliphatic heterocycles. The van der Waals surface area contributed by atoms with Gasteiger partial charge < -0.3 is 9.73 Å². The summed E-state index contributed by atoms with van der Waals surface area (Å²) in [4.78, 5) is 37.1. The van der Waals surface area contributed by atoms with Crippen LogP contribution in [0, 0.1) is 0 Å². The Bertz CT molecular complexity index is 1190. The number of para-hydroxylation sites is 2. The van der Waals surface area contributed by atoms with Gasteiger partial charge in [0.05, 0.1) is 6.67 Å². The zero-order valence-corrected chi connectivity index (χ0v) is 19.9. The van der Waals surface area contributed by atoms with E-state index in [-0.39, 0.29) is 17.9 Å². The minimum atomic E-state index is -0.820. The normalized spacial score (nSPS) is 26.1. The van der Waals surface area contributed by atoms with Crippen molar-refractivity contribution < 1.29 is 14.0 Å². The predicted octanol–water partition coefficient (Wildman–Crippen LogP) is 3.55. The van der Waals surface area contributed by atoms with Crippen LogP contribution < -0.4 is 5.32 Å². The number of aromatic nitrogens is 1. The van der Waals surface area contributed by atoms with Crippen molar-refractivity contribution in [1.82, 2.24) is 25.0 Å². The average molecular weight is 474 g/mol. The summed E-state index contributed by atoms with van der Waals surface area (Å²) in [5.41, 5.74) is 2.07. The van der Waals surface area contributed by atoms with Crippen LogP contribution in [0.2, 0.25) is 0 Å². The highest BCUT2D eigenvalue weighted by Gasteiger charge is 2.53. The molecule has 2 aromatic carbocycles. The molecule has 8 nitrogen and oxygen atoms in total. The predicted molar refractivity (Wildman–Crippen MR) is 131 cm³/mol. The van der Waals surface area contributed by atoms with Gasteiger partial charge in [-0.15, -0.1) is 0 Å². The number of rotatable bonds is 5. The third kappa shape index (κ3) is 4.32. The Morgan fingerprint density at radius 1 is 1.00 bits per heavy atom. The Labute approximate surface area is 204 Å². The molecule has 1 spiro atoms. The number of carbonyl (C=O) groups is 2. The molecule has 0 saturated carbocycles. The number of carbonyl (C=O) groups excluding carboxylic acids is 2. The Morgan fingerprint density at radius 3 is 2.66 bits per heavy atom. The van der Waals surface area contributed by atoms with E-state index in [1.54, 1.807) is 0 Å². The zero-order chi connectivity index (χ0) is 23.8. The first kappa shape index (κ1) is 22.2. The van der Waals surface area contributed by atoms with Crippen molar-refractivity contribution in [2.75, 3.05) is 32.8 Å². The van der Waals surface area contributed by atoms with Gasteiger partial charge in [0.25, 0.3) is 5.91 Å². The van der Waals surface area contributed by atoms with Crippen LogP contribution in [0.4, 0.5) is 4.79 Å². The average Bonchev–Trinajstić information content (AvgIpc) is 3.40. The molecular weight excluding hydrogens is 442 g/mol. The molecule has 1 aromatic heterocycles. The maximum Gasteiger partial charge on any atom is 0.326 e. The molecule has 0 bridgehead atoms. The molecule has 4 heterocycles. The standard InChI is InChI=1S/C27H31N5O3/c33-25-27(13-7-15-30(18-27)16-20-8-2-1-3-9-20)29-26(34)32(25)19-31-14-6-10-21(17-31)24-28-22-11-4-5-12-23(22)35-24/h1-5,8-9,11-12,21H,6-7,10,13-19H2,(H,29,34). The summed E-state index contributed by atoms with van der Waals surface area (Å²) < 4.78 is 6.02. The van der Waals surface area contributed by atoms with Crippen LogP contribution in [0.25, 0.3) is 11.1 Å². The van der Waals surface area contributed by atoms with Crippen molar-refractivity contribution in [3.63, 3.8) is 0 Å². The van der Waals surface area contributed by atoms with E-state index in [4.69, 9.17) is 4.42 Å². The molecule has 0 aliphatic carbocycles. The van der Waals surface area contributed by atoms with Crippen LogP contribution in [-0.2, 0) is 11.3 Å². The molecule has 2 unspecified atom stereocenters. The molecule has 3 aromatic rings. The van der Waals surface area contributed by atoms with Gasteiger partial charge in [0.1, 0.15) is 11.1 Å². The molecule has 35 heavy (non-hydrogen) atoms. The summed E-state index contributed by atoms with van der Waals surface area (Å²) >= 11 is 0. The van der Waals surface area contributed by atoms with Gasteiger partial charge in [-0.1, -0.05) is 42.5 Å². The Hall–Kier alpha value is -3.23. The summed E-state index contributed by atoms with van der Waals surface area (Å²) in [6.07, 6.45) is 3.53. The molecule has 3 saturated heterocycles. The summed E-state index contributed by atoms with van der Waals surface area (Å²) in [6, 6.07) is 17.8. The lowest BCUT2D eigenvalue weighted by Crippen LogP contribution is -2.58. The van der Waals surface area contributed by atoms with E-state index in [9.17, 15) is 9.59 Å². The first-order valence-electron chi connectivity index (χ1n) is 12.6.